The van der Waals surface area contributed by atoms with Crippen molar-refractivity contribution in [2.45, 2.75) is 13.3 Å². The van der Waals surface area contributed by atoms with Crippen LogP contribution in [0.2, 0.25) is 0 Å². The maximum atomic E-state index is 12.5. The number of hydrogen-bond donors (Lipinski definition) is 1. The standard InChI is InChI=1S/C23H28N6O/c1-19-22(26-29(25-19)21-11-6-3-7-12-21)23(30)24-13-8-14-27-15-17-28(18-16-27)20-9-4-2-5-10-20/h2-7,9-12H,8,13-18H2,1H3,(H,24,30). The third kappa shape index (κ3) is 4.86. The fourth-order valence-corrected chi connectivity index (χ4v) is 3.72. The van der Waals surface area contributed by atoms with E-state index in [0.29, 0.717) is 17.9 Å². The zero-order valence-corrected chi connectivity index (χ0v) is 17.4. The summed E-state index contributed by atoms with van der Waals surface area (Å²) >= 11 is 0. The third-order valence-corrected chi connectivity index (χ3v) is 5.41. The van der Waals surface area contributed by atoms with Crippen molar-refractivity contribution in [1.29, 1.82) is 0 Å². The summed E-state index contributed by atoms with van der Waals surface area (Å²) in [5, 5.41) is 11.7. The van der Waals surface area contributed by atoms with Crippen molar-refractivity contribution in [1.82, 2.24) is 25.2 Å². The molecule has 1 N–H and O–H groups in total. The molecule has 0 spiro atoms. The molecule has 156 valence electrons. The Kier molecular flexibility index (Phi) is 6.39. The zero-order chi connectivity index (χ0) is 20.8. The molecule has 3 aromatic rings. The highest BCUT2D eigenvalue weighted by Crippen LogP contribution is 2.15. The van der Waals surface area contributed by atoms with E-state index in [0.717, 1.165) is 44.8 Å². The molecule has 1 amide bonds. The molecular weight excluding hydrogens is 376 g/mol. The second-order valence-corrected chi connectivity index (χ2v) is 7.53. The van der Waals surface area contributed by atoms with Crippen LogP contribution in [0.4, 0.5) is 5.69 Å². The van der Waals surface area contributed by atoms with Gasteiger partial charge in [0, 0.05) is 38.4 Å². The first-order valence-electron chi connectivity index (χ1n) is 10.5. The summed E-state index contributed by atoms with van der Waals surface area (Å²) in [4.78, 5) is 18.9. The molecule has 1 saturated heterocycles. The summed E-state index contributed by atoms with van der Waals surface area (Å²) in [6.07, 6.45) is 0.920. The lowest BCUT2D eigenvalue weighted by Gasteiger charge is -2.36. The Morgan fingerprint density at radius 1 is 0.900 bits per heavy atom. The highest BCUT2D eigenvalue weighted by Gasteiger charge is 2.18. The van der Waals surface area contributed by atoms with Crippen molar-refractivity contribution in [2.24, 2.45) is 0 Å². The molecule has 4 rings (SSSR count). The maximum absolute atomic E-state index is 12.5. The Morgan fingerprint density at radius 2 is 1.53 bits per heavy atom. The van der Waals surface area contributed by atoms with Crippen LogP contribution < -0.4 is 10.2 Å². The van der Waals surface area contributed by atoms with E-state index in [2.05, 4.69) is 55.6 Å². The van der Waals surface area contributed by atoms with Crippen LogP contribution in [-0.2, 0) is 0 Å². The van der Waals surface area contributed by atoms with Crippen LogP contribution in [0, 0.1) is 6.92 Å². The van der Waals surface area contributed by atoms with Gasteiger partial charge in [0.25, 0.3) is 5.91 Å². The van der Waals surface area contributed by atoms with E-state index in [1.54, 1.807) is 0 Å². The Labute approximate surface area is 177 Å². The summed E-state index contributed by atoms with van der Waals surface area (Å²) < 4.78 is 0. The van der Waals surface area contributed by atoms with Gasteiger partial charge in [-0.15, -0.1) is 5.10 Å². The smallest absolute Gasteiger partial charge is 0.273 e. The van der Waals surface area contributed by atoms with Gasteiger partial charge >= 0.3 is 0 Å². The summed E-state index contributed by atoms with van der Waals surface area (Å²) in [5.74, 6) is -0.163. The molecule has 0 radical (unpaired) electrons. The van der Waals surface area contributed by atoms with Crippen LogP contribution in [0.15, 0.2) is 60.7 Å². The van der Waals surface area contributed by atoms with E-state index in [4.69, 9.17) is 0 Å². The second kappa shape index (κ2) is 9.54. The normalized spacial score (nSPS) is 14.6. The molecule has 0 aliphatic carbocycles. The number of carbonyl (C=O) groups is 1. The predicted molar refractivity (Wildman–Crippen MR) is 118 cm³/mol. The van der Waals surface area contributed by atoms with E-state index in [-0.39, 0.29) is 5.91 Å². The summed E-state index contributed by atoms with van der Waals surface area (Å²) in [6, 6.07) is 20.2. The Morgan fingerprint density at radius 3 is 2.20 bits per heavy atom. The SMILES string of the molecule is Cc1nn(-c2ccccc2)nc1C(=O)NCCCN1CCN(c2ccccc2)CC1. The molecule has 1 aromatic heterocycles. The number of aryl methyl sites for hydroxylation is 1. The molecule has 2 aromatic carbocycles. The molecule has 1 aliphatic rings. The Hall–Kier alpha value is -3.19. The fourth-order valence-electron chi connectivity index (χ4n) is 3.72. The molecule has 30 heavy (non-hydrogen) atoms. The molecule has 0 saturated carbocycles. The number of anilines is 1. The number of aromatic nitrogens is 3. The quantitative estimate of drug-likeness (QED) is 0.613. The molecule has 7 nitrogen and oxygen atoms in total. The number of amides is 1. The van der Waals surface area contributed by atoms with Crippen LogP contribution in [0.3, 0.4) is 0 Å². The van der Waals surface area contributed by atoms with Crippen molar-refractivity contribution in [2.75, 3.05) is 44.2 Å². The number of rotatable bonds is 7. The van der Waals surface area contributed by atoms with Crippen LogP contribution in [0.5, 0.6) is 0 Å². The van der Waals surface area contributed by atoms with Gasteiger partial charge in [-0.05, 0) is 44.2 Å². The van der Waals surface area contributed by atoms with Gasteiger partial charge in [-0.1, -0.05) is 36.4 Å². The molecule has 0 atom stereocenters. The lowest BCUT2D eigenvalue weighted by Crippen LogP contribution is -2.47. The largest absolute Gasteiger partial charge is 0.369 e. The van der Waals surface area contributed by atoms with Crippen LogP contribution in [0.1, 0.15) is 22.6 Å². The minimum absolute atomic E-state index is 0.163. The third-order valence-electron chi connectivity index (χ3n) is 5.41. The number of piperazine rings is 1. The summed E-state index contributed by atoms with van der Waals surface area (Å²) in [6.45, 7) is 7.61. The number of benzene rings is 2. The lowest BCUT2D eigenvalue weighted by atomic mass is 10.2. The lowest BCUT2D eigenvalue weighted by molar-refractivity contribution is 0.0945. The first kappa shape index (κ1) is 20.1. The van der Waals surface area contributed by atoms with Crippen molar-refractivity contribution in [3.05, 3.63) is 72.1 Å². The van der Waals surface area contributed by atoms with Gasteiger partial charge in [-0.3, -0.25) is 9.69 Å². The number of hydrogen-bond acceptors (Lipinski definition) is 5. The van der Waals surface area contributed by atoms with E-state index < -0.39 is 0 Å². The first-order valence-corrected chi connectivity index (χ1v) is 10.5. The highest BCUT2D eigenvalue weighted by atomic mass is 16.2. The van der Waals surface area contributed by atoms with Crippen molar-refractivity contribution < 1.29 is 4.79 Å². The van der Waals surface area contributed by atoms with Gasteiger partial charge in [-0.2, -0.15) is 9.90 Å². The maximum Gasteiger partial charge on any atom is 0.273 e. The Bertz CT molecular complexity index is 948. The van der Waals surface area contributed by atoms with E-state index in [1.807, 2.05) is 37.3 Å². The topological polar surface area (TPSA) is 66.3 Å². The van der Waals surface area contributed by atoms with Gasteiger partial charge < -0.3 is 10.2 Å². The molecule has 1 aliphatic heterocycles. The monoisotopic (exact) mass is 404 g/mol. The fraction of sp³-hybridized carbons (Fsp3) is 0.348. The van der Waals surface area contributed by atoms with Crippen LogP contribution in [-0.4, -0.2) is 65.1 Å². The molecule has 0 bridgehead atoms. The minimum atomic E-state index is -0.163. The minimum Gasteiger partial charge on any atom is -0.369 e. The molecule has 0 unspecified atom stereocenters. The molecular formula is C23H28N6O. The van der Waals surface area contributed by atoms with Gasteiger partial charge in [0.2, 0.25) is 0 Å². The van der Waals surface area contributed by atoms with Crippen molar-refractivity contribution in [3.8, 4) is 5.69 Å². The van der Waals surface area contributed by atoms with E-state index in [1.165, 1.54) is 10.5 Å². The predicted octanol–water partition coefficient (Wildman–Crippen LogP) is 2.52. The highest BCUT2D eigenvalue weighted by molar-refractivity contribution is 5.93. The molecule has 7 heteroatoms. The molecule has 1 fully saturated rings. The second-order valence-electron chi connectivity index (χ2n) is 7.53. The Balaban J connectivity index is 1.20. The number of nitrogens with one attached hydrogen (secondary N) is 1. The average molecular weight is 405 g/mol. The zero-order valence-electron chi connectivity index (χ0n) is 17.4. The van der Waals surface area contributed by atoms with E-state index >= 15 is 0 Å². The van der Waals surface area contributed by atoms with Crippen molar-refractivity contribution >= 4 is 11.6 Å². The van der Waals surface area contributed by atoms with Crippen molar-refractivity contribution in [3.63, 3.8) is 0 Å². The van der Waals surface area contributed by atoms with E-state index in [9.17, 15) is 4.79 Å². The van der Waals surface area contributed by atoms with Gasteiger partial charge in [-0.25, -0.2) is 0 Å². The number of nitrogens with zero attached hydrogens (tertiary/aromatic N) is 5. The first-order chi connectivity index (χ1) is 14.7. The number of para-hydroxylation sites is 2. The average Bonchev–Trinajstić information content (AvgIpc) is 3.20. The van der Waals surface area contributed by atoms with Crippen LogP contribution in [0.25, 0.3) is 5.69 Å². The van der Waals surface area contributed by atoms with Gasteiger partial charge in [0.05, 0.1) is 11.4 Å². The number of carbonyl (C=O) groups excluding carboxylic acids is 1. The molecule has 2 heterocycles. The van der Waals surface area contributed by atoms with Gasteiger partial charge in [0.15, 0.2) is 5.69 Å². The summed E-state index contributed by atoms with van der Waals surface area (Å²) in [7, 11) is 0. The van der Waals surface area contributed by atoms with Gasteiger partial charge in [0.1, 0.15) is 0 Å². The van der Waals surface area contributed by atoms with Crippen LogP contribution >= 0.6 is 0 Å². The summed E-state index contributed by atoms with van der Waals surface area (Å²) in [5.41, 5.74) is 3.15.